The number of carbonyl (C=O) groups is 1. The summed E-state index contributed by atoms with van der Waals surface area (Å²) in [7, 11) is 0. The number of likely N-dealkylation sites (tertiary alicyclic amines) is 1. The SMILES string of the molecule is Cl.O=C(CCc1nc(-c2ccsc2)no1)N1C[C@H]2CNC[C@H]2C1. The van der Waals surface area contributed by atoms with E-state index >= 15 is 0 Å². The zero-order valence-electron chi connectivity index (χ0n) is 12.6. The van der Waals surface area contributed by atoms with Crippen molar-refractivity contribution in [3.63, 3.8) is 0 Å². The van der Waals surface area contributed by atoms with Crippen LogP contribution in [0, 0.1) is 11.8 Å². The zero-order chi connectivity index (χ0) is 14.9. The first-order chi connectivity index (χ1) is 10.8. The predicted octanol–water partition coefficient (Wildman–Crippen LogP) is 1.83. The average molecular weight is 355 g/mol. The number of rotatable bonds is 4. The molecule has 0 saturated carbocycles. The molecule has 1 amide bonds. The van der Waals surface area contributed by atoms with Crippen LogP contribution in [0.5, 0.6) is 0 Å². The van der Waals surface area contributed by atoms with Gasteiger partial charge in [-0.3, -0.25) is 4.79 Å². The summed E-state index contributed by atoms with van der Waals surface area (Å²) in [6.45, 7) is 3.87. The van der Waals surface area contributed by atoms with Crippen LogP contribution in [-0.4, -0.2) is 47.1 Å². The summed E-state index contributed by atoms with van der Waals surface area (Å²) in [6.07, 6.45) is 0.957. The van der Waals surface area contributed by atoms with Crippen LogP contribution >= 0.6 is 23.7 Å². The third kappa shape index (κ3) is 3.41. The van der Waals surface area contributed by atoms with E-state index in [1.807, 2.05) is 21.7 Å². The summed E-state index contributed by atoms with van der Waals surface area (Å²) in [5.41, 5.74) is 0.964. The van der Waals surface area contributed by atoms with Gasteiger partial charge < -0.3 is 14.7 Å². The van der Waals surface area contributed by atoms with Gasteiger partial charge in [0.1, 0.15) is 0 Å². The molecule has 0 radical (unpaired) electrons. The lowest BCUT2D eigenvalue weighted by Gasteiger charge is -2.16. The van der Waals surface area contributed by atoms with Crippen molar-refractivity contribution in [2.24, 2.45) is 11.8 Å². The van der Waals surface area contributed by atoms with Crippen molar-refractivity contribution in [2.45, 2.75) is 12.8 Å². The van der Waals surface area contributed by atoms with Crippen molar-refractivity contribution in [2.75, 3.05) is 26.2 Å². The van der Waals surface area contributed by atoms with Gasteiger partial charge in [-0.15, -0.1) is 12.4 Å². The molecule has 2 atom stereocenters. The number of carbonyl (C=O) groups excluding carboxylic acids is 1. The molecule has 2 aromatic heterocycles. The van der Waals surface area contributed by atoms with Crippen LogP contribution in [0.15, 0.2) is 21.3 Å². The van der Waals surface area contributed by atoms with Gasteiger partial charge in [-0.25, -0.2) is 0 Å². The molecular formula is C15H19ClN4O2S. The first-order valence-corrected chi connectivity index (χ1v) is 8.57. The van der Waals surface area contributed by atoms with Gasteiger partial charge in [0.25, 0.3) is 0 Å². The van der Waals surface area contributed by atoms with Gasteiger partial charge in [0.15, 0.2) is 0 Å². The molecule has 0 aromatic carbocycles. The van der Waals surface area contributed by atoms with Crippen molar-refractivity contribution in [1.82, 2.24) is 20.4 Å². The highest BCUT2D eigenvalue weighted by Crippen LogP contribution is 2.27. The lowest BCUT2D eigenvalue weighted by molar-refractivity contribution is -0.130. The summed E-state index contributed by atoms with van der Waals surface area (Å²) in [6, 6.07) is 1.96. The number of fused-ring (bicyclic) bond motifs is 1. The maximum atomic E-state index is 12.3. The number of amides is 1. The number of hydrogen-bond acceptors (Lipinski definition) is 6. The van der Waals surface area contributed by atoms with E-state index in [1.54, 1.807) is 11.3 Å². The molecule has 6 nitrogen and oxygen atoms in total. The van der Waals surface area contributed by atoms with Crippen molar-refractivity contribution in [3.8, 4) is 11.4 Å². The fraction of sp³-hybridized carbons (Fsp3) is 0.533. The molecule has 0 bridgehead atoms. The van der Waals surface area contributed by atoms with Gasteiger partial charge in [-0.1, -0.05) is 5.16 Å². The maximum absolute atomic E-state index is 12.3. The summed E-state index contributed by atoms with van der Waals surface area (Å²) >= 11 is 1.60. The zero-order valence-corrected chi connectivity index (χ0v) is 14.2. The molecule has 2 aliphatic heterocycles. The number of aryl methyl sites for hydroxylation is 1. The lowest BCUT2D eigenvalue weighted by Crippen LogP contribution is -2.32. The van der Waals surface area contributed by atoms with Crippen molar-refractivity contribution in [1.29, 1.82) is 0 Å². The minimum atomic E-state index is 0. The summed E-state index contributed by atoms with van der Waals surface area (Å²) in [4.78, 5) is 18.7. The quantitative estimate of drug-likeness (QED) is 0.907. The highest BCUT2D eigenvalue weighted by Gasteiger charge is 2.37. The Hall–Kier alpha value is -1.44. The fourth-order valence-electron chi connectivity index (χ4n) is 3.30. The average Bonchev–Trinajstić information content (AvgIpc) is 3.26. The number of aromatic nitrogens is 2. The van der Waals surface area contributed by atoms with Crippen LogP contribution in [0.1, 0.15) is 12.3 Å². The van der Waals surface area contributed by atoms with Crippen molar-refractivity contribution < 1.29 is 9.32 Å². The third-order valence-electron chi connectivity index (χ3n) is 4.54. The van der Waals surface area contributed by atoms with E-state index in [0.29, 0.717) is 36.4 Å². The Balaban J connectivity index is 0.00000156. The second-order valence-corrected chi connectivity index (χ2v) is 6.78. The van der Waals surface area contributed by atoms with Crippen LogP contribution < -0.4 is 5.32 Å². The molecule has 4 rings (SSSR count). The molecule has 8 heteroatoms. The second-order valence-electron chi connectivity index (χ2n) is 6.00. The Morgan fingerprint density at radius 2 is 2.17 bits per heavy atom. The molecule has 23 heavy (non-hydrogen) atoms. The van der Waals surface area contributed by atoms with E-state index in [0.717, 1.165) is 31.7 Å². The molecule has 2 aliphatic rings. The van der Waals surface area contributed by atoms with Gasteiger partial charge in [-0.05, 0) is 23.3 Å². The van der Waals surface area contributed by atoms with Crippen molar-refractivity contribution >= 4 is 29.7 Å². The highest BCUT2D eigenvalue weighted by molar-refractivity contribution is 7.08. The molecule has 2 saturated heterocycles. The van der Waals surface area contributed by atoms with E-state index in [1.165, 1.54) is 0 Å². The van der Waals surface area contributed by atoms with Gasteiger partial charge >= 0.3 is 0 Å². The van der Waals surface area contributed by atoms with E-state index in [2.05, 4.69) is 15.5 Å². The summed E-state index contributed by atoms with van der Waals surface area (Å²) in [5, 5.41) is 11.3. The molecule has 0 spiro atoms. The van der Waals surface area contributed by atoms with Gasteiger partial charge in [0.2, 0.25) is 17.6 Å². The summed E-state index contributed by atoms with van der Waals surface area (Å²) in [5.74, 6) is 2.61. The highest BCUT2D eigenvalue weighted by atomic mass is 35.5. The smallest absolute Gasteiger partial charge is 0.227 e. The Labute approximate surface area is 144 Å². The van der Waals surface area contributed by atoms with Gasteiger partial charge in [0, 0.05) is 50.0 Å². The van der Waals surface area contributed by atoms with E-state index in [4.69, 9.17) is 4.52 Å². The van der Waals surface area contributed by atoms with E-state index < -0.39 is 0 Å². The van der Waals surface area contributed by atoms with E-state index in [9.17, 15) is 4.79 Å². The lowest BCUT2D eigenvalue weighted by atomic mass is 10.0. The van der Waals surface area contributed by atoms with Gasteiger partial charge in [0.05, 0.1) is 0 Å². The van der Waals surface area contributed by atoms with Crippen LogP contribution in [0.2, 0.25) is 0 Å². The number of halogens is 1. The van der Waals surface area contributed by atoms with Crippen LogP contribution in [-0.2, 0) is 11.2 Å². The molecule has 0 aliphatic carbocycles. The Bertz CT molecular complexity index is 648. The predicted molar refractivity (Wildman–Crippen MR) is 89.6 cm³/mol. The first kappa shape index (κ1) is 16.4. The van der Waals surface area contributed by atoms with E-state index in [-0.39, 0.29) is 18.3 Å². The Morgan fingerprint density at radius 3 is 2.87 bits per heavy atom. The molecule has 2 aromatic rings. The van der Waals surface area contributed by atoms with Gasteiger partial charge in [-0.2, -0.15) is 16.3 Å². The van der Waals surface area contributed by atoms with Crippen LogP contribution in [0.4, 0.5) is 0 Å². The number of nitrogens with zero attached hydrogens (tertiary/aromatic N) is 3. The second kappa shape index (κ2) is 6.98. The first-order valence-electron chi connectivity index (χ1n) is 7.63. The number of thiophene rings is 1. The largest absolute Gasteiger partial charge is 0.342 e. The minimum absolute atomic E-state index is 0. The molecular weight excluding hydrogens is 336 g/mol. The van der Waals surface area contributed by atoms with Crippen LogP contribution in [0.3, 0.4) is 0 Å². The molecule has 4 heterocycles. The molecule has 2 fully saturated rings. The summed E-state index contributed by atoms with van der Waals surface area (Å²) < 4.78 is 5.24. The Kier molecular flexibility index (Phi) is 4.99. The minimum Gasteiger partial charge on any atom is -0.342 e. The third-order valence-corrected chi connectivity index (χ3v) is 5.23. The Morgan fingerprint density at radius 1 is 1.39 bits per heavy atom. The number of nitrogens with one attached hydrogen (secondary N) is 1. The maximum Gasteiger partial charge on any atom is 0.227 e. The number of hydrogen-bond donors (Lipinski definition) is 1. The standard InChI is InChI=1S/C15H18N4O2S.ClH/c20-14(19-7-11-5-16-6-12(11)8-19)2-1-13-17-15(18-21-13)10-3-4-22-9-10;/h3-4,9,11-12,16H,1-2,5-8H2;1H/t11-,12+;. The molecule has 124 valence electrons. The normalized spacial score (nSPS) is 22.9. The van der Waals surface area contributed by atoms with Crippen molar-refractivity contribution in [3.05, 3.63) is 22.7 Å². The monoisotopic (exact) mass is 354 g/mol. The molecule has 0 unspecified atom stereocenters. The fourth-order valence-corrected chi connectivity index (χ4v) is 3.93. The topological polar surface area (TPSA) is 71.3 Å². The molecule has 1 N–H and O–H groups in total. The van der Waals surface area contributed by atoms with Crippen LogP contribution in [0.25, 0.3) is 11.4 Å².